The molecule has 0 bridgehead atoms. The Bertz CT molecular complexity index is 916. The normalized spacial score (nSPS) is 10.9. The van der Waals surface area contributed by atoms with Gasteiger partial charge in [0.2, 0.25) is 0 Å². The summed E-state index contributed by atoms with van der Waals surface area (Å²) in [5.74, 6) is 0.209. The minimum atomic E-state index is -0.380. The third-order valence-corrected chi connectivity index (χ3v) is 5.06. The van der Waals surface area contributed by atoms with Crippen LogP contribution in [-0.4, -0.2) is 35.5 Å². The van der Waals surface area contributed by atoms with Gasteiger partial charge < -0.3 is 14.6 Å². The van der Waals surface area contributed by atoms with Crippen LogP contribution in [0, 0.1) is 0 Å². The molecule has 156 valence electrons. The second kappa shape index (κ2) is 11.2. The molecule has 2 aromatic carbocycles. The lowest BCUT2D eigenvalue weighted by molar-refractivity contribution is 0.0737. The van der Waals surface area contributed by atoms with Crippen LogP contribution in [0.1, 0.15) is 42.6 Å². The van der Waals surface area contributed by atoms with Crippen molar-refractivity contribution in [1.29, 1.82) is 0 Å². The van der Waals surface area contributed by atoms with Gasteiger partial charge in [-0.05, 0) is 74.3 Å². The number of carbonyl (C=O) groups is 1. The van der Waals surface area contributed by atoms with E-state index in [1.165, 1.54) is 5.56 Å². The van der Waals surface area contributed by atoms with Crippen LogP contribution in [0.25, 0.3) is 10.9 Å². The highest BCUT2D eigenvalue weighted by Gasteiger charge is 2.15. The summed E-state index contributed by atoms with van der Waals surface area (Å²) in [6.07, 6.45) is 5.24. The number of rotatable bonds is 9. The molecule has 4 nitrogen and oxygen atoms in total. The Balaban J connectivity index is 0.00000300. The molecule has 0 amide bonds. The number of hydrogen-bond acceptors (Lipinski definition) is 3. The fourth-order valence-electron chi connectivity index (χ4n) is 3.49. The van der Waals surface area contributed by atoms with E-state index in [1.807, 2.05) is 24.4 Å². The zero-order valence-electron chi connectivity index (χ0n) is 16.9. The maximum atomic E-state index is 12.6. The molecule has 1 aromatic heterocycles. The SMILES string of the molecule is CCCN(CCC)CCc1c[nH]c2cccc(OC(=O)c3ccc(Cl)cc3)c12.Cl. The number of esters is 1. The van der Waals surface area contributed by atoms with E-state index in [0.29, 0.717) is 16.3 Å². The van der Waals surface area contributed by atoms with Crippen molar-refractivity contribution in [2.45, 2.75) is 33.1 Å². The monoisotopic (exact) mass is 434 g/mol. The number of H-pyrrole nitrogens is 1. The number of aromatic nitrogens is 1. The van der Waals surface area contributed by atoms with Crippen molar-refractivity contribution < 1.29 is 9.53 Å². The number of ether oxygens (including phenoxy) is 1. The van der Waals surface area contributed by atoms with Crippen molar-refractivity contribution in [3.05, 3.63) is 64.8 Å². The summed E-state index contributed by atoms with van der Waals surface area (Å²) in [5.41, 5.74) is 2.64. The van der Waals surface area contributed by atoms with E-state index >= 15 is 0 Å². The minimum Gasteiger partial charge on any atom is -0.422 e. The molecule has 3 aromatic rings. The van der Waals surface area contributed by atoms with Gasteiger partial charge in [0.05, 0.1) is 5.56 Å². The Morgan fingerprint density at radius 3 is 2.38 bits per heavy atom. The lowest BCUT2D eigenvalue weighted by Crippen LogP contribution is -2.27. The van der Waals surface area contributed by atoms with Crippen molar-refractivity contribution in [1.82, 2.24) is 9.88 Å². The van der Waals surface area contributed by atoms with Crippen LogP contribution >= 0.6 is 24.0 Å². The first-order chi connectivity index (χ1) is 13.6. The molecule has 0 saturated heterocycles. The van der Waals surface area contributed by atoms with Gasteiger partial charge in [0, 0.05) is 28.7 Å². The van der Waals surface area contributed by atoms with E-state index in [0.717, 1.165) is 49.8 Å². The molecule has 0 aliphatic heterocycles. The zero-order valence-corrected chi connectivity index (χ0v) is 18.5. The highest BCUT2D eigenvalue weighted by molar-refractivity contribution is 6.30. The summed E-state index contributed by atoms with van der Waals surface area (Å²) >= 11 is 5.91. The quantitative estimate of drug-likeness (QED) is 0.325. The van der Waals surface area contributed by atoms with Crippen LogP contribution < -0.4 is 4.74 Å². The molecule has 0 saturated carbocycles. The highest BCUT2D eigenvalue weighted by Crippen LogP contribution is 2.30. The predicted molar refractivity (Wildman–Crippen MR) is 123 cm³/mol. The Morgan fingerprint density at radius 1 is 1.03 bits per heavy atom. The second-order valence-electron chi connectivity index (χ2n) is 6.98. The van der Waals surface area contributed by atoms with Gasteiger partial charge in [-0.3, -0.25) is 0 Å². The molecule has 1 heterocycles. The van der Waals surface area contributed by atoms with Gasteiger partial charge in [-0.15, -0.1) is 12.4 Å². The third kappa shape index (κ3) is 5.99. The van der Waals surface area contributed by atoms with E-state index in [4.69, 9.17) is 16.3 Å². The molecule has 0 radical (unpaired) electrons. The smallest absolute Gasteiger partial charge is 0.343 e. The van der Waals surface area contributed by atoms with Gasteiger partial charge >= 0.3 is 5.97 Å². The first-order valence-corrected chi connectivity index (χ1v) is 10.3. The Morgan fingerprint density at radius 2 is 1.72 bits per heavy atom. The van der Waals surface area contributed by atoms with Gasteiger partial charge in [-0.25, -0.2) is 4.79 Å². The van der Waals surface area contributed by atoms with Crippen LogP contribution in [-0.2, 0) is 6.42 Å². The lowest BCUT2D eigenvalue weighted by atomic mass is 10.1. The molecule has 0 unspecified atom stereocenters. The molecular formula is C23H28Cl2N2O2. The molecule has 0 spiro atoms. The fourth-order valence-corrected chi connectivity index (χ4v) is 3.62. The van der Waals surface area contributed by atoms with Gasteiger partial charge in [0.25, 0.3) is 0 Å². The summed E-state index contributed by atoms with van der Waals surface area (Å²) in [7, 11) is 0. The number of carbonyl (C=O) groups excluding carboxylic acids is 1. The predicted octanol–water partition coefficient (Wildman–Crippen LogP) is 6.13. The standard InChI is InChI=1S/C23H27ClN2O2.ClH/c1-3-13-26(14-4-2)15-12-18-16-25-20-6-5-7-21(22(18)20)28-23(27)17-8-10-19(24)11-9-17;/h5-11,16,25H,3-4,12-15H2,1-2H3;1H. The molecule has 0 aliphatic carbocycles. The lowest BCUT2D eigenvalue weighted by Gasteiger charge is -2.20. The number of fused-ring (bicyclic) bond motifs is 1. The van der Waals surface area contributed by atoms with Crippen LogP contribution in [0.5, 0.6) is 5.75 Å². The number of benzene rings is 2. The molecule has 3 rings (SSSR count). The van der Waals surface area contributed by atoms with E-state index in [1.54, 1.807) is 24.3 Å². The third-order valence-electron chi connectivity index (χ3n) is 4.81. The largest absolute Gasteiger partial charge is 0.422 e. The number of nitrogens with zero attached hydrogens (tertiary/aromatic N) is 1. The van der Waals surface area contributed by atoms with Crippen molar-refractivity contribution in [3.63, 3.8) is 0 Å². The van der Waals surface area contributed by atoms with Crippen LogP contribution in [0.3, 0.4) is 0 Å². The van der Waals surface area contributed by atoms with E-state index in [2.05, 4.69) is 23.7 Å². The number of hydrogen-bond donors (Lipinski definition) is 1. The summed E-state index contributed by atoms with van der Waals surface area (Å²) < 4.78 is 5.74. The average Bonchev–Trinajstić information content (AvgIpc) is 3.11. The van der Waals surface area contributed by atoms with Crippen molar-refractivity contribution in [2.24, 2.45) is 0 Å². The minimum absolute atomic E-state index is 0. The van der Waals surface area contributed by atoms with Gasteiger partial charge in [-0.2, -0.15) is 0 Å². The molecule has 0 aliphatic rings. The molecule has 0 atom stereocenters. The van der Waals surface area contributed by atoms with E-state index in [-0.39, 0.29) is 18.4 Å². The maximum Gasteiger partial charge on any atom is 0.343 e. The molecule has 29 heavy (non-hydrogen) atoms. The van der Waals surface area contributed by atoms with Crippen molar-refractivity contribution >= 4 is 40.9 Å². The average molecular weight is 435 g/mol. The highest BCUT2D eigenvalue weighted by atomic mass is 35.5. The van der Waals surface area contributed by atoms with Crippen LogP contribution in [0.2, 0.25) is 5.02 Å². The number of aromatic amines is 1. The van der Waals surface area contributed by atoms with Crippen LogP contribution in [0.4, 0.5) is 0 Å². The Hall–Kier alpha value is -2.01. The topological polar surface area (TPSA) is 45.3 Å². The summed E-state index contributed by atoms with van der Waals surface area (Å²) in [6, 6.07) is 12.5. The molecule has 6 heteroatoms. The maximum absolute atomic E-state index is 12.6. The zero-order chi connectivity index (χ0) is 19.9. The summed E-state index contributed by atoms with van der Waals surface area (Å²) in [4.78, 5) is 18.4. The molecular weight excluding hydrogens is 407 g/mol. The van der Waals surface area contributed by atoms with Gasteiger partial charge in [-0.1, -0.05) is 31.5 Å². The van der Waals surface area contributed by atoms with Crippen molar-refractivity contribution in [2.75, 3.05) is 19.6 Å². The summed E-state index contributed by atoms with van der Waals surface area (Å²) in [5, 5.41) is 1.58. The summed E-state index contributed by atoms with van der Waals surface area (Å²) in [6.45, 7) is 7.63. The molecule has 0 fully saturated rings. The Labute approximate surface area is 183 Å². The molecule has 1 N–H and O–H groups in total. The van der Waals surface area contributed by atoms with E-state index in [9.17, 15) is 4.79 Å². The second-order valence-corrected chi connectivity index (χ2v) is 7.42. The first-order valence-electron chi connectivity index (χ1n) is 9.91. The van der Waals surface area contributed by atoms with Gasteiger partial charge in [0.15, 0.2) is 0 Å². The first kappa shape index (κ1) is 23.3. The Kier molecular flexibility index (Phi) is 9.02. The number of halogens is 2. The van der Waals surface area contributed by atoms with Crippen LogP contribution in [0.15, 0.2) is 48.7 Å². The fraction of sp³-hybridized carbons (Fsp3) is 0.348. The van der Waals surface area contributed by atoms with E-state index < -0.39 is 0 Å². The van der Waals surface area contributed by atoms with Crippen molar-refractivity contribution in [3.8, 4) is 5.75 Å². The van der Waals surface area contributed by atoms with Gasteiger partial charge in [0.1, 0.15) is 5.75 Å². The number of nitrogens with one attached hydrogen (secondary N) is 1.